The number of hydrogen-bond donors (Lipinski definition) is 0. The van der Waals surface area contributed by atoms with Crippen LogP contribution in [-0.2, 0) is 0 Å². The third kappa shape index (κ3) is 1.72. The third-order valence-electron chi connectivity index (χ3n) is 5.21. The number of aromatic nitrogens is 1. The maximum Gasteiger partial charge on any atom is 0.0375 e. The molecular weight excluding hydrogens is 218 g/mol. The number of rotatable bonds is 2. The van der Waals surface area contributed by atoms with Gasteiger partial charge in [-0.05, 0) is 74.0 Å². The highest BCUT2D eigenvalue weighted by molar-refractivity contribution is 5.29. The Morgan fingerprint density at radius 2 is 2.17 bits per heavy atom. The fourth-order valence-electron chi connectivity index (χ4n) is 4.61. The smallest absolute Gasteiger partial charge is 0.0375 e. The summed E-state index contributed by atoms with van der Waals surface area (Å²) in [4.78, 5) is 4.34. The zero-order chi connectivity index (χ0) is 12.9. The lowest BCUT2D eigenvalue weighted by molar-refractivity contribution is 0.253. The van der Waals surface area contributed by atoms with E-state index in [2.05, 4.69) is 44.5 Å². The van der Waals surface area contributed by atoms with Crippen LogP contribution in [0.25, 0.3) is 0 Å². The Balaban J connectivity index is 1.98. The van der Waals surface area contributed by atoms with Gasteiger partial charge in [-0.3, -0.25) is 4.98 Å². The summed E-state index contributed by atoms with van der Waals surface area (Å²) in [5.41, 5.74) is 4.02. The molecule has 0 spiro atoms. The van der Waals surface area contributed by atoms with E-state index in [1.807, 2.05) is 6.20 Å². The van der Waals surface area contributed by atoms with Crippen molar-refractivity contribution in [3.63, 3.8) is 0 Å². The first-order valence-corrected chi connectivity index (χ1v) is 7.16. The molecule has 3 rings (SSSR count). The minimum atomic E-state index is 0.695. The Labute approximate surface area is 110 Å². The number of hydrogen-bond acceptors (Lipinski definition) is 1. The maximum atomic E-state index is 4.34. The van der Waals surface area contributed by atoms with Crippen LogP contribution in [0.3, 0.4) is 0 Å². The molecule has 1 heterocycles. The van der Waals surface area contributed by atoms with Crippen LogP contribution >= 0.6 is 0 Å². The molecule has 0 N–H and O–H groups in total. The molecule has 0 radical (unpaired) electrons. The molecule has 2 saturated carbocycles. The van der Waals surface area contributed by atoms with Crippen LogP contribution in [0.1, 0.15) is 43.9 Å². The summed E-state index contributed by atoms with van der Waals surface area (Å²) in [5.74, 6) is 4.02. The van der Waals surface area contributed by atoms with Crippen LogP contribution in [-0.4, -0.2) is 4.98 Å². The lowest BCUT2D eigenvalue weighted by Gasteiger charge is -2.35. The van der Waals surface area contributed by atoms with Crippen molar-refractivity contribution in [1.82, 2.24) is 4.98 Å². The van der Waals surface area contributed by atoms with Crippen molar-refractivity contribution >= 4 is 0 Å². The van der Waals surface area contributed by atoms with E-state index in [0.717, 1.165) is 23.4 Å². The molecule has 2 aliphatic rings. The molecule has 2 bridgehead atoms. The molecule has 1 nitrogen and oxygen atoms in total. The number of nitrogens with zero attached hydrogens (tertiary/aromatic N) is 1. The van der Waals surface area contributed by atoms with Gasteiger partial charge in [0.1, 0.15) is 0 Å². The van der Waals surface area contributed by atoms with E-state index < -0.39 is 0 Å². The molecule has 1 heteroatoms. The molecule has 1 aromatic rings. The largest absolute Gasteiger partial charge is 0.262 e. The number of aryl methyl sites for hydroxylation is 1. The van der Waals surface area contributed by atoms with Crippen LogP contribution in [0.15, 0.2) is 30.5 Å². The molecule has 5 unspecified atom stereocenters. The third-order valence-corrected chi connectivity index (χ3v) is 5.21. The number of allylic oxidation sites excluding steroid dienone is 1. The molecule has 5 atom stereocenters. The first kappa shape index (κ1) is 12.0. The average molecular weight is 241 g/mol. The van der Waals surface area contributed by atoms with Crippen molar-refractivity contribution in [2.75, 3.05) is 0 Å². The summed E-state index contributed by atoms with van der Waals surface area (Å²) in [7, 11) is 0. The highest BCUT2D eigenvalue weighted by Gasteiger charge is 2.51. The van der Waals surface area contributed by atoms with Gasteiger partial charge in [-0.2, -0.15) is 0 Å². The molecule has 2 aliphatic carbocycles. The molecule has 96 valence electrons. The van der Waals surface area contributed by atoms with Crippen LogP contribution in [0.4, 0.5) is 0 Å². The Bertz CT molecular complexity index is 476. The summed E-state index contributed by atoms with van der Waals surface area (Å²) in [6.45, 7) is 11.0. The van der Waals surface area contributed by atoms with Crippen molar-refractivity contribution in [3.05, 3.63) is 41.7 Å². The quantitative estimate of drug-likeness (QED) is 0.702. The molecule has 2 fully saturated rings. The first-order valence-electron chi connectivity index (χ1n) is 7.16. The highest BCUT2D eigenvalue weighted by Crippen LogP contribution is 2.60. The van der Waals surface area contributed by atoms with Crippen LogP contribution in [0.2, 0.25) is 0 Å². The lowest BCUT2D eigenvalue weighted by atomic mass is 9.69. The van der Waals surface area contributed by atoms with Gasteiger partial charge in [-0.1, -0.05) is 19.1 Å². The van der Waals surface area contributed by atoms with E-state index >= 15 is 0 Å². The number of fused-ring (bicyclic) bond motifs is 2. The van der Waals surface area contributed by atoms with Crippen molar-refractivity contribution in [2.45, 2.75) is 39.5 Å². The second kappa shape index (κ2) is 4.22. The van der Waals surface area contributed by atoms with Gasteiger partial charge < -0.3 is 0 Å². The Morgan fingerprint density at radius 1 is 1.39 bits per heavy atom. The van der Waals surface area contributed by atoms with E-state index in [1.54, 1.807) is 0 Å². The molecule has 0 saturated heterocycles. The van der Waals surface area contributed by atoms with Crippen molar-refractivity contribution in [1.29, 1.82) is 0 Å². The Morgan fingerprint density at radius 3 is 2.83 bits per heavy atom. The molecule has 0 amide bonds. The molecule has 0 aliphatic heterocycles. The van der Waals surface area contributed by atoms with Gasteiger partial charge in [0.15, 0.2) is 0 Å². The zero-order valence-corrected chi connectivity index (χ0v) is 11.7. The van der Waals surface area contributed by atoms with Crippen molar-refractivity contribution in [2.24, 2.45) is 23.7 Å². The molecule has 18 heavy (non-hydrogen) atoms. The maximum absolute atomic E-state index is 4.34. The number of pyridine rings is 1. The van der Waals surface area contributed by atoms with E-state index in [-0.39, 0.29) is 0 Å². The lowest BCUT2D eigenvalue weighted by Crippen LogP contribution is -2.26. The normalized spacial score (nSPS) is 38.1. The summed E-state index contributed by atoms with van der Waals surface area (Å²) in [6, 6.07) is 4.50. The first-order chi connectivity index (χ1) is 8.58. The predicted octanol–water partition coefficient (Wildman–Crippen LogP) is 4.34. The zero-order valence-electron chi connectivity index (χ0n) is 11.7. The van der Waals surface area contributed by atoms with Crippen molar-refractivity contribution in [3.8, 4) is 0 Å². The minimum absolute atomic E-state index is 0.695. The van der Waals surface area contributed by atoms with Crippen LogP contribution in [0.5, 0.6) is 0 Å². The summed E-state index contributed by atoms with van der Waals surface area (Å²) in [5, 5.41) is 0. The molecular formula is C17H23N. The molecule has 0 aromatic carbocycles. The summed E-state index contributed by atoms with van der Waals surface area (Å²) in [6.07, 6.45) is 4.78. The van der Waals surface area contributed by atoms with Gasteiger partial charge in [-0.15, -0.1) is 0 Å². The highest BCUT2D eigenvalue weighted by atomic mass is 14.7. The van der Waals surface area contributed by atoms with E-state index in [9.17, 15) is 0 Å². The fourth-order valence-corrected chi connectivity index (χ4v) is 4.61. The minimum Gasteiger partial charge on any atom is -0.262 e. The standard InChI is InChI=1S/C17H23N/c1-10(2)16-15-9-14(7-11(15)3)17(16)13-5-6-18-12(4)8-13/h5-6,8,11,14-17H,1,7,9H2,2-4H3. The fraction of sp³-hybridized carbons (Fsp3) is 0.588. The van der Waals surface area contributed by atoms with E-state index in [4.69, 9.17) is 0 Å². The average Bonchev–Trinajstić information content (AvgIpc) is 2.84. The second-order valence-corrected chi connectivity index (χ2v) is 6.50. The van der Waals surface area contributed by atoms with Gasteiger partial charge in [0.05, 0.1) is 0 Å². The summed E-state index contributed by atoms with van der Waals surface area (Å²) >= 11 is 0. The van der Waals surface area contributed by atoms with E-state index in [0.29, 0.717) is 11.8 Å². The SMILES string of the molecule is C=C(C)C1C2CC(CC2C)C1c1ccnc(C)c1. The van der Waals surface area contributed by atoms with Crippen LogP contribution in [0, 0.1) is 30.6 Å². The Kier molecular flexibility index (Phi) is 2.80. The monoisotopic (exact) mass is 241 g/mol. The van der Waals surface area contributed by atoms with E-state index in [1.165, 1.54) is 24.0 Å². The van der Waals surface area contributed by atoms with Gasteiger partial charge in [0.2, 0.25) is 0 Å². The predicted molar refractivity (Wildman–Crippen MR) is 75.4 cm³/mol. The van der Waals surface area contributed by atoms with Crippen molar-refractivity contribution < 1.29 is 0 Å². The van der Waals surface area contributed by atoms with Crippen LogP contribution < -0.4 is 0 Å². The van der Waals surface area contributed by atoms with Gasteiger partial charge in [0, 0.05) is 11.9 Å². The van der Waals surface area contributed by atoms with Gasteiger partial charge >= 0.3 is 0 Å². The second-order valence-electron chi connectivity index (χ2n) is 6.50. The molecule has 1 aromatic heterocycles. The topological polar surface area (TPSA) is 12.9 Å². The Hall–Kier alpha value is -1.11. The van der Waals surface area contributed by atoms with Gasteiger partial charge in [-0.25, -0.2) is 0 Å². The summed E-state index contributed by atoms with van der Waals surface area (Å²) < 4.78 is 0. The van der Waals surface area contributed by atoms with Gasteiger partial charge in [0.25, 0.3) is 0 Å².